The van der Waals surface area contributed by atoms with Crippen molar-refractivity contribution in [3.05, 3.63) is 59.2 Å². The Morgan fingerprint density at radius 1 is 0.767 bits per heavy atom. The third-order valence-electron chi connectivity index (χ3n) is 6.01. The summed E-state index contributed by atoms with van der Waals surface area (Å²) in [4.78, 5) is 0.502. The van der Waals surface area contributed by atoms with E-state index in [2.05, 4.69) is 13.8 Å². The first-order valence-corrected chi connectivity index (χ1v) is 13.1. The smallest absolute Gasteiger partial charge is 0.207 e. The maximum Gasteiger partial charge on any atom is 0.243 e. The zero-order valence-corrected chi connectivity index (χ0v) is 19.6. The van der Waals surface area contributed by atoms with Crippen molar-refractivity contribution in [2.24, 2.45) is 0 Å². The van der Waals surface area contributed by atoms with Gasteiger partial charge in [-0.3, -0.25) is 0 Å². The van der Waals surface area contributed by atoms with Crippen LogP contribution in [0.5, 0.6) is 0 Å². The van der Waals surface area contributed by atoms with Crippen LogP contribution in [0.2, 0.25) is 0 Å². The first kappa shape index (κ1) is 22.9. The fourth-order valence-corrected chi connectivity index (χ4v) is 6.46. The van der Waals surface area contributed by atoms with Gasteiger partial charge in [0.2, 0.25) is 20.0 Å². The highest BCUT2D eigenvalue weighted by molar-refractivity contribution is 7.89. The summed E-state index contributed by atoms with van der Waals surface area (Å²) in [5.74, 6) is 0.376. The van der Waals surface area contributed by atoms with Crippen LogP contribution in [0.25, 0.3) is 0 Å². The van der Waals surface area contributed by atoms with E-state index in [-0.39, 0.29) is 36.0 Å². The van der Waals surface area contributed by atoms with Crippen molar-refractivity contribution in [1.82, 2.24) is 8.61 Å². The molecule has 0 spiro atoms. The Labute approximate surface area is 180 Å². The van der Waals surface area contributed by atoms with Crippen LogP contribution in [0.3, 0.4) is 0 Å². The van der Waals surface area contributed by atoms with Gasteiger partial charge in [-0.2, -0.15) is 8.61 Å². The molecule has 1 heterocycles. The van der Waals surface area contributed by atoms with Crippen LogP contribution in [0.4, 0.5) is 0 Å². The molecule has 2 aromatic carbocycles. The maximum absolute atomic E-state index is 13.0. The number of nitrogens with zero attached hydrogens (tertiary/aromatic N) is 2. The van der Waals surface area contributed by atoms with E-state index in [9.17, 15) is 16.8 Å². The molecular weight excluding hydrogens is 420 g/mol. The predicted molar refractivity (Wildman–Crippen MR) is 119 cm³/mol. The Morgan fingerprint density at radius 3 is 1.70 bits per heavy atom. The van der Waals surface area contributed by atoms with Crippen molar-refractivity contribution in [2.75, 3.05) is 26.2 Å². The van der Waals surface area contributed by atoms with Gasteiger partial charge in [0.05, 0.1) is 9.79 Å². The summed E-state index contributed by atoms with van der Waals surface area (Å²) in [6.45, 7) is 8.58. The molecule has 164 valence electrons. The minimum atomic E-state index is -3.65. The summed E-state index contributed by atoms with van der Waals surface area (Å²) in [6, 6.07) is 12.1. The summed E-state index contributed by atoms with van der Waals surface area (Å²) in [5, 5.41) is 0. The first-order chi connectivity index (χ1) is 14.1. The SMILES string of the molecule is CCC(C)c1ccc(S(=O)(=O)N2CCN(S(=O)(=O)c3ccc(C)c(C)c3)CC2)cc1. The molecule has 1 atom stereocenters. The minimum Gasteiger partial charge on any atom is -0.207 e. The van der Waals surface area contributed by atoms with E-state index in [1.807, 2.05) is 26.0 Å². The Hall–Kier alpha value is -1.74. The molecule has 3 rings (SSSR count). The average molecular weight is 451 g/mol. The normalized spacial score (nSPS) is 17.7. The van der Waals surface area contributed by atoms with Gasteiger partial charge in [0.1, 0.15) is 0 Å². The second-order valence-corrected chi connectivity index (χ2v) is 11.8. The Balaban J connectivity index is 1.73. The van der Waals surface area contributed by atoms with Gasteiger partial charge >= 0.3 is 0 Å². The van der Waals surface area contributed by atoms with E-state index in [4.69, 9.17) is 0 Å². The lowest BCUT2D eigenvalue weighted by Gasteiger charge is -2.33. The van der Waals surface area contributed by atoms with Gasteiger partial charge in [0.15, 0.2) is 0 Å². The van der Waals surface area contributed by atoms with Crippen LogP contribution < -0.4 is 0 Å². The number of sulfonamides is 2. The van der Waals surface area contributed by atoms with Crippen LogP contribution in [0.15, 0.2) is 52.3 Å². The quantitative estimate of drug-likeness (QED) is 0.675. The summed E-state index contributed by atoms with van der Waals surface area (Å²) < 4.78 is 54.7. The lowest BCUT2D eigenvalue weighted by atomic mass is 9.99. The lowest BCUT2D eigenvalue weighted by molar-refractivity contribution is 0.273. The standard InChI is InChI=1S/C22H30N2O4S2/c1-5-17(2)20-7-10-21(11-8-20)29(25,26)23-12-14-24(15-13-23)30(27,28)22-9-6-18(3)19(4)16-22/h6-11,16-17H,5,12-15H2,1-4H3. The lowest BCUT2D eigenvalue weighted by Crippen LogP contribution is -2.50. The van der Waals surface area contributed by atoms with E-state index in [1.165, 1.54) is 8.61 Å². The molecule has 6 nitrogen and oxygen atoms in total. The maximum atomic E-state index is 13.0. The highest BCUT2D eigenvalue weighted by Gasteiger charge is 2.33. The third kappa shape index (κ3) is 4.46. The van der Waals surface area contributed by atoms with Gasteiger partial charge in [0, 0.05) is 26.2 Å². The van der Waals surface area contributed by atoms with Crippen LogP contribution in [-0.2, 0) is 20.0 Å². The number of hydrogen-bond acceptors (Lipinski definition) is 4. The summed E-state index contributed by atoms with van der Waals surface area (Å²) in [7, 11) is -7.29. The highest BCUT2D eigenvalue weighted by Crippen LogP contribution is 2.25. The van der Waals surface area contributed by atoms with Crippen molar-refractivity contribution in [2.45, 2.75) is 49.8 Å². The van der Waals surface area contributed by atoms with Crippen LogP contribution >= 0.6 is 0 Å². The van der Waals surface area contributed by atoms with Gasteiger partial charge < -0.3 is 0 Å². The van der Waals surface area contributed by atoms with E-state index in [0.717, 1.165) is 23.1 Å². The van der Waals surface area contributed by atoms with Crippen molar-refractivity contribution >= 4 is 20.0 Å². The molecule has 0 N–H and O–H groups in total. The molecule has 1 fully saturated rings. The molecule has 0 saturated carbocycles. The third-order valence-corrected chi connectivity index (χ3v) is 9.82. The molecule has 0 aromatic heterocycles. The molecule has 8 heteroatoms. The van der Waals surface area contributed by atoms with Crippen LogP contribution in [0, 0.1) is 13.8 Å². The van der Waals surface area contributed by atoms with Crippen molar-refractivity contribution in [3.8, 4) is 0 Å². The molecule has 0 bridgehead atoms. The van der Waals surface area contributed by atoms with E-state index < -0.39 is 20.0 Å². The van der Waals surface area contributed by atoms with Gasteiger partial charge in [-0.25, -0.2) is 16.8 Å². The van der Waals surface area contributed by atoms with Gasteiger partial charge in [-0.05, 0) is 67.1 Å². The Kier molecular flexibility index (Phi) is 6.72. The van der Waals surface area contributed by atoms with Crippen molar-refractivity contribution in [1.29, 1.82) is 0 Å². The first-order valence-electron chi connectivity index (χ1n) is 10.2. The summed E-state index contributed by atoms with van der Waals surface area (Å²) >= 11 is 0. The second-order valence-electron chi connectivity index (χ2n) is 7.93. The zero-order valence-electron chi connectivity index (χ0n) is 18.0. The zero-order chi connectivity index (χ0) is 22.1. The molecular formula is C22H30N2O4S2. The molecule has 1 saturated heterocycles. The number of hydrogen-bond donors (Lipinski definition) is 0. The fraction of sp³-hybridized carbons (Fsp3) is 0.455. The summed E-state index contributed by atoms with van der Waals surface area (Å²) in [6.07, 6.45) is 0.989. The average Bonchev–Trinajstić information content (AvgIpc) is 2.75. The largest absolute Gasteiger partial charge is 0.243 e. The van der Waals surface area contributed by atoms with Crippen molar-refractivity contribution < 1.29 is 16.8 Å². The monoisotopic (exact) mass is 450 g/mol. The fourth-order valence-electron chi connectivity index (χ4n) is 3.53. The Morgan fingerprint density at radius 2 is 1.23 bits per heavy atom. The van der Waals surface area contributed by atoms with E-state index in [1.54, 1.807) is 30.3 Å². The molecule has 2 aromatic rings. The van der Waals surface area contributed by atoms with Gasteiger partial charge in [0.25, 0.3) is 0 Å². The molecule has 0 amide bonds. The van der Waals surface area contributed by atoms with Crippen LogP contribution in [0.1, 0.15) is 42.9 Å². The second kappa shape index (κ2) is 8.78. The molecule has 30 heavy (non-hydrogen) atoms. The number of rotatable bonds is 6. The topological polar surface area (TPSA) is 74.8 Å². The molecule has 0 radical (unpaired) electrons. The molecule has 1 unspecified atom stereocenters. The van der Waals surface area contributed by atoms with Crippen LogP contribution in [-0.4, -0.2) is 51.6 Å². The molecule has 0 aliphatic carbocycles. The number of aryl methyl sites for hydroxylation is 2. The van der Waals surface area contributed by atoms with Crippen molar-refractivity contribution in [3.63, 3.8) is 0 Å². The Bertz CT molecular complexity index is 1100. The highest BCUT2D eigenvalue weighted by atomic mass is 32.2. The number of piperazine rings is 1. The van der Waals surface area contributed by atoms with Gasteiger partial charge in [-0.15, -0.1) is 0 Å². The van der Waals surface area contributed by atoms with E-state index in [0.29, 0.717) is 5.92 Å². The van der Waals surface area contributed by atoms with E-state index >= 15 is 0 Å². The number of benzene rings is 2. The molecule has 1 aliphatic heterocycles. The van der Waals surface area contributed by atoms with Gasteiger partial charge in [-0.1, -0.05) is 32.0 Å². The predicted octanol–water partition coefficient (Wildman–Crippen LogP) is 3.51. The minimum absolute atomic E-state index is 0.138. The summed E-state index contributed by atoms with van der Waals surface area (Å²) in [5.41, 5.74) is 3.06. The molecule has 1 aliphatic rings.